The highest BCUT2D eigenvalue weighted by atomic mass is 19.1. The third-order valence-corrected chi connectivity index (χ3v) is 4.41. The van der Waals surface area contributed by atoms with E-state index in [1.807, 2.05) is 18.2 Å². The van der Waals surface area contributed by atoms with Gasteiger partial charge in [0.15, 0.2) is 0 Å². The summed E-state index contributed by atoms with van der Waals surface area (Å²) in [4.78, 5) is 15.6. The molecule has 136 valence electrons. The Hall–Kier alpha value is -2.70. The van der Waals surface area contributed by atoms with Crippen molar-refractivity contribution in [1.82, 2.24) is 10.3 Å². The first-order valence-electron chi connectivity index (χ1n) is 8.69. The molecular formula is C20H23FN4O. The molecule has 1 atom stereocenters. The molecule has 3 rings (SSSR count). The molecule has 0 radical (unpaired) electrons. The van der Waals surface area contributed by atoms with Crippen molar-refractivity contribution in [2.75, 3.05) is 13.1 Å². The molecule has 1 heterocycles. The van der Waals surface area contributed by atoms with Crippen molar-refractivity contribution in [1.29, 1.82) is 0 Å². The number of hydrogen-bond acceptors (Lipinski definition) is 3. The van der Waals surface area contributed by atoms with Crippen molar-refractivity contribution >= 4 is 16.8 Å². The minimum atomic E-state index is -0.265. The van der Waals surface area contributed by atoms with Gasteiger partial charge < -0.3 is 21.8 Å². The van der Waals surface area contributed by atoms with Gasteiger partial charge in [-0.3, -0.25) is 4.79 Å². The fourth-order valence-electron chi connectivity index (χ4n) is 2.94. The summed E-state index contributed by atoms with van der Waals surface area (Å²) >= 11 is 0. The van der Waals surface area contributed by atoms with Crippen LogP contribution in [0.15, 0.2) is 48.7 Å². The van der Waals surface area contributed by atoms with Crippen molar-refractivity contribution < 1.29 is 9.18 Å². The fraction of sp³-hybridized carbons (Fsp3) is 0.250. The predicted octanol–water partition coefficient (Wildman–Crippen LogP) is 2.77. The number of fused-ring (bicyclic) bond motifs is 1. The number of nitrogens with one attached hydrogen (secondary N) is 2. The number of carbonyl (C=O) groups excluding carboxylic acids is 1. The molecule has 2 aromatic carbocycles. The maximum atomic E-state index is 13.1. The summed E-state index contributed by atoms with van der Waals surface area (Å²) in [5, 5.41) is 3.71. The molecular weight excluding hydrogens is 331 g/mol. The molecule has 0 saturated heterocycles. The summed E-state index contributed by atoms with van der Waals surface area (Å²) in [6, 6.07) is 12.0. The van der Waals surface area contributed by atoms with Crippen LogP contribution in [-0.4, -0.2) is 30.0 Å². The van der Waals surface area contributed by atoms with E-state index in [4.69, 9.17) is 11.5 Å². The van der Waals surface area contributed by atoms with Crippen LogP contribution in [-0.2, 0) is 0 Å². The van der Waals surface area contributed by atoms with E-state index in [0.29, 0.717) is 18.7 Å². The first kappa shape index (κ1) is 18.1. The van der Waals surface area contributed by atoms with Crippen LogP contribution in [0.5, 0.6) is 0 Å². The first-order valence-corrected chi connectivity index (χ1v) is 8.69. The van der Waals surface area contributed by atoms with Crippen molar-refractivity contribution in [2.45, 2.75) is 18.9 Å². The Labute approximate surface area is 151 Å². The summed E-state index contributed by atoms with van der Waals surface area (Å²) in [6.45, 7) is 1.01. The van der Waals surface area contributed by atoms with Crippen molar-refractivity contribution in [3.05, 3.63) is 60.0 Å². The topological polar surface area (TPSA) is 96.9 Å². The van der Waals surface area contributed by atoms with Crippen molar-refractivity contribution in [3.8, 4) is 11.1 Å². The number of carbonyl (C=O) groups is 1. The first-order chi connectivity index (χ1) is 12.6. The fourth-order valence-corrected chi connectivity index (χ4v) is 2.94. The van der Waals surface area contributed by atoms with Crippen LogP contribution in [0.4, 0.5) is 4.39 Å². The number of H-pyrrole nitrogens is 1. The molecule has 0 saturated carbocycles. The van der Waals surface area contributed by atoms with E-state index in [0.717, 1.165) is 34.9 Å². The molecule has 3 aromatic rings. The van der Waals surface area contributed by atoms with Gasteiger partial charge in [0.25, 0.3) is 5.91 Å². The highest BCUT2D eigenvalue weighted by molar-refractivity contribution is 6.07. The van der Waals surface area contributed by atoms with Gasteiger partial charge in [-0.1, -0.05) is 24.3 Å². The molecule has 0 aliphatic carbocycles. The number of halogens is 1. The minimum Gasteiger partial charge on any atom is -0.360 e. The molecule has 0 fully saturated rings. The highest BCUT2D eigenvalue weighted by Crippen LogP contribution is 2.26. The molecule has 0 aliphatic rings. The van der Waals surface area contributed by atoms with Crippen LogP contribution in [0.25, 0.3) is 22.0 Å². The molecule has 5 nitrogen and oxygen atoms in total. The highest BCUT2D eigenvalue weighted by Gasteiger charge is 2.13. The van der Waals surface area contributed by atoms with E-state index in [-0.39, 0.29) is 17.8 Å². The number of aromatic nitrogens is 1. The molecule has 6 heteroatoms. The van der Waals surface area contributed by atoms with Gasteiger partial charge >= 0.3 is 0 Å². The largest absolute Gasteiger partial charge is 0.360 e. The van der Waals surface area contributed by atoms with E-state index in [1.165, 1.54) is 12.1 Å². The molecule has 0 aliphatic heterocycles. The number of hydrogen-bond donors (Lipinski definition) is 4. The Balaban J connectivity index is 1.74. The van der Waals surface area contributed by atoms with Crippen molar-refractivity contribution in [3.63, 3.8) is 0 Å². The third-order valence-electron chi connectivity index (χ3n) is 4.41. The Bertz CT molecular complexity index is 888. The third kappa shape index (κ3) is 4.09. The van der Waals surface area contributed by atoms with E-state index in [2.05, 4.69) is 10.3 Å². The average molecular weight is 354 g/mol. The van der Waals surface area contributed by atoms with Crippen LogP contribution in [0.2, 0.25) is 0 Å². The Morgan fingerprint density at radius 2 is 1.88 bits per heavy atom. The van der Waals surface area contributed by atoms with Gasteiger partial charge in [-0.05, 0) is 48.7 Å². The van der Waals surface area contributed by atoms with Crippen LogP contribution >= 0.6 is 0 Å². The number of aromatic amines is 1. The lowest BCUT2D eigenvalue weighted by Crippen LogP contribution is -2.37. The Morgan fingerprint density at radius 1 is 1.15 bits per heavy atom. The normalized spacial score (nSPS) is 12.3. The van der Waals surface area contributed by atoms with Gasteiger partial charge in [0.2, 0.25) is 0 Å². The van der Waals surface area contributed by atoms with E-state index in [9.17, 15) is 9.18 Å². The summed E-state index contributed by atoms with van der Waals surface area (Å²) in [6.07, 6.45) is 3.32. The molecule has 26 heavy (non-hydrogen) atoms. The van der Waals surface area contributed by atoms with Gasteiger partial charge in [0.05, 0.1) is 5.56 Å². The minimum absolute atomic E-state index is 0.0993. The zero-order valence-corrected chi connectivity index (χ0v) is 14.5. The lowest BCUT2D eigenvalue weighted by atomic mass is 10.0. The maximum absolute atomic E-state index is 13.1. The second-order valence-electron chi connectivity index (χ2n) is 6.37. The van der Waals surface area contributed by atoms with Gasteiger partial charge in [-0.25, -0.2) is 4.39 Å². The lowest BCUT2D eigenvalue weighted by molar-refractivity contribution is 0.0952. The molecule has 1 amide bonds. The quantitative estimate of drug-likeness (QED) is 0.525. The summed E-state index contributed by atoms with van der Waals surface area (Å²) < 4.78 is 13.1. The van der Waals surface area contributed by atoms with Crippen LogP contribution in [0, 0.1) is 5.82 Å². The molecule has 0 bridgehead atoms. The van der Waals surface area contributed by atoms with Crippen LogP contribution in [0.1, 0.15) is 23.2 Å². The maximum Gasteiger partial charge on any atom is 0.253 e. The smallest absolute Gasteiger partial charge is 0.253 e. The Morgan fingerprint density at radius 3 is 2.62 bits per heavy atom. The molecule has 1 aromatic heterocycles. The zero-order chi connectivity index (χ0) is 18.5. The molecule has 6 N–H and O–H groups in total. The zero-order valence-electron chi connectivity index (χ0n) is 14.5. The number of amides is 1. The molecule has 0 spiro atoms. The molecule has 1 unspecified atom stereocenters. The number of benzene rings is 2. The second kappa shape index (κ2) is 8.12. The van der Waals surface area contributed by atoms with Crippen LogP contribution < -0.4 is 16.8 Å². The average Bonchev–Trinajstić information content (AvgIpc) is 3.08. The van der Waals surface area contributed by atoms with E-state index in [1.54, 1.807) is 18.3 Å². The van der Waals surface area contributed by atoms with Gasteiger partial charge in [-0.2, -0.15) is 0 Å². The van der Waals surface area contributed by atoms with Gasteiger partial charge in [0, 0.05) is 29.7 Å². The summed E-state index contributed by atoms with van der Waals surface area (Å²) in [5.41, 5.74) is 14.7. The van der Waals surface area contributed by atoms with Gasteiger partial charge in [-0.15, -0.1) is 0 Å². The Kier molecular flexibility index (Phi) is 5.65. The number of rotatable bonds is 7. The SMILES string of the molecule is NCCCC(N)CNC(=O)c1c[nH]c2cc(-c3ccc(F)cc3)ccc12. The van der Waals surface area contributed by atoms with E-state index < -0.39 is 0 Å². The van der Waals surface area contributed by atoms with E-state index >= 15 is 0 Å². The number of nitrogens with two attached hydrogens (primary N) is 2. The monoisotopic (exact) mass is 354 g/mol. The summed E-state index contributed by atoms with van der Waals surface area (Å²) in [5.74, 6) is -0.424. The lowest BCUT2D eigenvalue weighted by Gasteiger charge is -2.11. The van der Waals surface area contributed by atoms with Gasteiger partial charge in [0.1, 0.15) is 5.82 Å². The standard InChI is InChI=1S/C20H23FN4O/c21-15-6-3-13(4-7-15)14-5-8-17-18(12-24-19(17)10-14)20(26)25-11-16(23)2-1-9-22/h3-8,10,12,16,24H,1-2,9,11,22-23H2,(H,25,26). The second-order valence-corrected chi connectivity index (χ2v) is 6.37. The predicted molar refractivity (Wildman–Crippen MR) is 102 cm³/mol. The summed E-state index contributed by atoms with van der Waals surface area (Å²) in [7, 11) is 0. The van der Waals surface area contributed by atoms with Crippen molar-refractivity contribution in [2.24, 2.45) is 11.5 Å². The van der Waals surface area contributed by atoms with Crippen LogP contribution in [0.3, 0.4) is 0 Å².